The van der Waals surface area contributed by atoms with Crippen molar-refractivity contribution in [2.24, 2.45) is 0 Å². The number of alkyl halides is 10. The summed E-state index contributed by atoms with van der Waals surface area (Å²) in [6.07, 6.45) is -17.5. The van der Waals surface area contributed by atoms with Crippen LogP contribution in [-0.4, -0.2) is 30.1 Å². The lowest BCUT2D eigenvalue weighted by molar-refractivity contribution is -0.350. The zero-order valence-corrected chi connectivity index (χ0v) is 8.04. The maximum atomic E-state index is 12.7. The number of allylic oxidation sites excluding steroid dienone is 1. The van der Waals surface area contributed by atoms with Gasteiger partial charge in [-0.25, -0.2) is 13.2 Å². The van der Waals surface area contributed by atoms with Gasteiger partial charge < -0.3 is 0 Å². The van der Waals surface area contributed by atoms with E-state index in [9.17, 15) is 52.7 Å². The molecule has 0 nitrogen and oxygen atoms in total. The molecule has 114 valence electrons. The van der Waals surface area contributed by atoms with Crippen molar-refractivity contribution in [3.8, 4) is 0 Å². The van der Waals surface area contributed by atoms with Crippen LogP contribution in [0.2, 0.25) is 0 Å². The first-order valence-electron chi connectivity index (χ1n) is 4.77. The second kappa shape index (κ2) is 4.78. The molecule has 0 amide bonds. The maximum Gasteiger partial charge on any atom is 0.425 e. The van der Waals surface area contributed by atoms with Crippen molar-refractivity contribution in [1.82, 2.24) is 0 Å². The van der Waals surface area contributed by atoms with Crippen LogP contribution in [0.5, 0.6) is 0 Å². The maximum absolute atomic E-state index is 12.7. The summed E-state index contributed by atoms with van der Waals surface area (Å²) in [6, 6.07) is 0. The summed E-state index contributed by atoms with van der Waals surface area (Å²) in [7, 11) is 0. The molecular formula is C7H2F12. The van der Waals surface area contributed by atoms with Crippen LogP contribution in [0.25, 0.3) is 0 Å². The van der Waals surface area contributed by atoms with Crippen LogP contribution in [-0.2, 0) is 0 Å². The Morgan fingerprint density at radius 1 is 1.00 bits per heavy atom. The van der Waals surface area contributed by atoms with E-state index in [2.05, 4.69) is 0 Å². The molecule has 0 aliphatic rings. The molecule has 0 spiro atoms. The molecule has 0 radical (unpaired) electrons. The Kier molecular flexibility index (Phi) is 3.60. The van der Waals surface area contributed by atoms with Gasteiger partial charge in [-0.3, -0.25) is 0 Å². The molecule has 0 aromatic heterocycles. The van der Waals surface area contributed by atoms with Gasteiger partial charge in [0.15, 0.2) is 0 Å². The summed E-state index contributed by atoms with van der Waals surface area (Å²) in [5.74, 6) is -26.2. The zero-order chi connectivity index (χ0) is 17.7. The summed E-state index contributed by atoms with van der Waals surface area (Å²) in [5, 5.41) is 0. The minimum Gasteiger partial charge on any atom is -0.230 e. The third-order valence-electron chi connectivity index (χ3n) is 1.67. The number of rotatable bonds is 4. The third kappa shape index (κ3) is 2.76. The second-order valence-electron chi connectivity index (χ2n) is 2.94. The largest absolute Gasteiger partial charge is 0.425 e. The number of hydrogen-bond acceptors (Lipinski definition) is 0. The third-order valence-corrected chi connectivity index (χ3v) is 1.67. The topological polar surface area (TPSA) is 0 Å². The van der Waals surface area contributed by atoms with E-state index in [4.69, 9.17) is 2.74 Å². The average Bonchev–Trinajstić information content (AvgIpc) is 2.25. The van der Waals surface area contributed by atoms with Gasteiger partial charge in [0.1, 0.15) is 6.31 Å². The van der Waals surface area contributed by atoms with Crippen molar-refractivity contribution in [2.45, 2.75) is 30.1 Å². The quantitative estimate of drug-likeness (QED) is 0.666. The summed E-state index contributed by atoms with van der Waals surface area (Å²) in [5.41, 5.74) is 0. The van der Waals surface area contributed by atoms with E-state index in [0.29, 0.717) is 0 Å². The van der Waals surface area contributed by atoms with Gasteiger partial charge in [-0.1, -0.05) is 0 Å². The summed E-state index contributed by atoms with van der Waals surface area (Å²) in [4.78, 5) is 0. The Bertz CT molecular complexity index is 429. The Balaban J connectivity index is 6.20. The van der Waals surface area contributed by atoms with Gasteiger partial charge >= 0.3 is 23.9 Å². The van der Waals surface area contributed by atoms with E-state index in [1.54, 1.807) is 0 Å². The molecular weight excluding hydrogens is 312 g/mol. The van der Waals surface area contributed by atoms with E-state index < -0.39 is 42.2 Å². The minimum atomic E-state index is -7.51. The van der Waals surface area contributed by atoms with Gasteiger partial charge in [0.2, 0.25) is 5.83 Å². The van der Waals surface area contributed by atoms with Gasteiger partial charge in [0.25, 0.3) is 6.15 Å². The standard InChI is InChI=1S/C7H2F12/c8-1-2(9)4(11,12)7(18,19)5(13,14)3(10)6(15,16)17/h1,3H/i1D,3D. The molecule has 0 fully saturated rings. The lowest BCUT2D eigenvalue weighted by atomic mass is 9.99. The Morgan fingerprint density at radius 2 is 1.37 bits per heavy atom. The Morgan fingerprint density at radius 3 is 1.63 bits per heavy atom. The summed E-state index contributed by atoms with van der Waals surface area (Å²) in [6.45, 7) is 0. The first kappa shape index (κ1) is 14.3. The molecule has 0 aliphatic heterocycles. The van der Waals surface area contributed by atoms with Crippen molar-refractivity contribution in [1.29, 1.82) is 0 Å². The first-order chi connectivity index (χ1) is 8.85. The van der Waals surface area contributed by atoms with Crippen molar-refractivity contribution < 1.29 is 55.4 Å². The van der Waals surface area contributed by atoms with E-state index in [1.807, 2.05) is 0 Å². The van der Waals surface area contributed by atoms with Gasteiger partial charge in [0.05, 0.1) is 2.74 Å². The molecule has 0 aliphatic carbocycles. The van der Waals surface area contributed by atoms with Crippen molar-refractivity contribution in [2.75, 3.05) is 0 Å². The molecule has 0 saturated heterocycles. The number of halogens is 12. The summed E-state index contributed by atoms with van der Waals surface area (Å²) >= 11 is 0. The molecule has 0 aromatic carbocycles. The van der Waals surface area contributed by atoms with E-state index in [1.165, 1.54) is 0 Å². The highest BCUT2D eigenvalue weighted by atomic mass is 19.4. The molecule has 19 heavy (non-hydrogen) atoms. The molecule has 0 saturated carbocycles. The fraction of sp³-hybridized carbons (Fsp3) is 0.714. The second-order valence-corrected chi connectivity index (χ2v) is 2.94. The predicted octanol–water partition coefficient (Wildman–Crippen LogP) is 4.57. The van der Waals surface area contributed by atoms with Gasteiger partial charge in [-0.15, -0.1) is 0 Å². The molecule has 0 aromatic rings. The molecule has 1 unspecified atom stereocenters. The van der Waals surface area contributed by atoms with Crippen molar-refractivity contribution in [3.05, 3.63) is 12.1 Å². The van der Waals surface area contributed by atoms with Crippen LogP contribution in [0, 0.1) is 0 Å². The minimum absolute atomic E-state index is 3.49. The molecule has 0 N–H and O–H groups in total. The number of hydrogen-bond donors (Lipinski definition) is 0. The Hall–Kier alpha value is -1.10. The summed E-state index contributed by atoms with van der Waals surface area (Å²) < 4.78 is 159. The SMILES string of the molecule is [2H]C(F)=C(F)C(F)(F)C(F)(F)C(F)(F)C([2H])(F)C(F)(F)F. The van der Waals surface area contributed by atoms with Crippen LogP contribution in [0.3, 0.4) is 0 Å². The molecule has 0 rings (SSSR count). The van der Waals surface area contributed by atoms with Gasteiger partial charge in [-0.2, -0.15) is 39.5 Å². The van der Waals surface area contributed by atoms with E-state index >= 15 is 0 Å². The van der Waals surface area contributed by atoms with Crippen LogP contribution >= 0.6 is 0 Å². The predicted molar refractivity (Wildman–Crippen MR) is 36.1 cm³/mol. The fourth-order valence-electron chi connectivity index (χ4n) is 0.710. The lowest BCUT2D eigenvalue weighted by Crippen LogP contribution is -2.61. The Labute approximate surface area is 99.0 Å². The van der Waals surface area contributed by atoms with E-state index in [0.717, 1.165) is 0 Å². The molecule has 1 atom stereocenters. The highest BCUT2D eigenvalue weighted by Gasteiger charge is 2.80. The van der Waals surface area contributed by atoms with Crippen LogP contribution in [0.15, 0.2) is 12.1 Å². The first-order valence-corrected chi connectivity index (χ1v) is 3.77. The van der Waals surface area contributed by atoms with Gasteiger partial charge in [-0.05, 0) is 0 Å². The highest BCUT2D eigenvalue weighted by Crippen LogP contribution is 2.53. The molecule has 0 heterocycles. The average molecular weight is 316 g/mol. The van der Waals surface area contributed by atoms with Crippen LogP contribution in [0.1, 0.15) is 2.74 Å². The van der Waals surface area contributed by atoms with Crippen molar-refractivity contribution >= 4 is 0 Å². The van der Waals surface area contributed by atoms with Gasteiger partial charge in [0, 0.05) is 0 Å². The smallest absolute Gasteiger partial charge is 0.230 e. The molecule has 0 bridgehead atoms. The van der Waals surface area contributed by atoms with Crippen molar-refractivity contribution in [3.63, 3.8) is 0 Å². The zero-order valence-electron chi connectivity index (χ0n) is 10.0. The highest BCUT2D eigenvalue weighted by molar-refractivity contribution is 5.14. The lowest BCUT2D eigenvalue weighted by Gasteiger charge is -2.33. The normalized spacial score (nSPS) is 21.3. The van der Waals surface area contributed by atoms with Crippen LogP contribution in [0.4, 0.5) is 52.7 Å². The van der Waals surface area contributed by atoms with Crippen LogP contribution < -0.4 is 0 Å². The van der Waals surface area contributed by atoms with E-state index in [-0.39, 0.29) is 0 Å². The monoisotopic (exact) mass is 316 g/mol. The molecule has 12 heteroatoms. The fourth-order valence-corrected chi connectivity index (χ4v) is 0.710.